The minimum absolute atomic E-state index is 0.0178. The van der Waals surface area contributed by atoms with Crippen LogP contribution in [0.2, 0.25) is 0 Å². The molecule has 3 rings (SSSR count). The maximum absolute atomic E-state index is 13.3. The Bertz CT molecular complexity index is 867. The van der Waals surface area contributed by atoms with E-state index in [2.05, 4.69) is 9.97 Å². The zero-order valence-electron chi connectivity index (χ0n) is 16.6. The third-order valence-electron chi connectivity index (χ3n) is 5.46. The Morgan fingerprint density at radius 2 is 2.00 bits per heavy atom. The number of carbonyl (C=O) groups is 2. The fourth-order valence-corrected chi connectivity index (χ4v) is 3.59. The lowest BCUT2D eigenvalue weighted by Crippen LogP contribution is -2.44. The summed E-state index contributed by atoms with van der Waals surface area (Å²) < 4.78 is 13.3. The molecule has 28 heavy (non-hydrogen) atoms. The molecule has 2 aromatic rings. The summed E-state index contributed by atoms with van der Waals surface area (Å²) in [4.78, 5) is 35.6. The van der Waals surface area contributed by atoms with Crippen molar-refractivity contribution in [1.29, 1.82) is 0 Å². The minimum atomic E-state index is -0.395. The summed E-state index contributed by atoms with van der Waals surface area (Å²) in [5.74, 6) is -0.599. The summed E-state index contributed by atoms with van der Waals surface area (Å²) in [7, 11) is 0. The summed E-state index contributed by atoms with van der Waals surface area (Å²) in [6.07, 6.45) is 4.11. The Balaban J connectivity index is 1.88. The molecule has 0 spiro atoms. The third-order valence-corrected chi connectivity index (χ3v) is 5.46. The van der Waals surface area contributed by atoms with Crippen LogP contribution < -0.4 is 0 Å². The van der Waals surface area contributed by atoms with Crippen molar-refractivity contribution >= 4 is 11.7 Å². The molecule has 0 bridgehead atoms. The number of ketones is 1. The predicted molar refractivity (Wildman–Crippen MR) is 105 cm³/mol. The summed E-state index contributed by atoms with van der Waals surface area (Å²) in [6, 6.07) is 6.26. The van der Waals surface area contributed by atoms with Crippen molar-refractivity contribution in [2.24, 2.45) is 5.92 Å². The number of piperidine rings is 1. The van der Waals surface area contributed by atoms with Gasteiger partial charge in [-0.1, -0.05) is 26.0 Å². The van der Waals surface area contributed by atoms with Crippen LogP contribution in [0.1, 0.15) is 50.5 Å². The Morgan fingerprint density at radius 1 is 1.29 bits per heavy atom. The van der Waals surface area contributed by atoms with Crippen LogP contribution in [0.3, 0.4) is 0 Å². The second-order valence-corrected chi connectivity index (χ2v) is 7.49. The fourth-order valence-electron chi connectivity index (χ4n) is 3.59. The lowest BCUT2D eigenvalue weighted by atomic mass is 9.89. The number of Topliss-reactive ketones (excluding diaryl/α,β-unsaturated/α-hetero) is 1. The number of benzene rings is 1. The molecule has 6 heteroatoms. The summed E-state index contributed by atoms with van der Waals surface area (Å²) in [5.41, 5.74) is 2.54. The molecule has 1 fully saturated rings. The van der Waals surface area contributed by atoms with Crippen LogP contribution >= 0.6 is 0 Å². The van der Waals surface area contributed by atoms with E-state index in [-0.39, 0.29) is 23.4 Å². The van der Waals surface area contributed by atoms with Crippen LogP contribution in [0, 0.1) is 18.7 Å². The molecule has 2 heterocycles. The monoisotopic (exact) mass is 383 g/mol. The molecule has 1 aromatic heterocycles. The minimum Gasteiger partial charge on any atom is -0.335 e. The van der Waals surface area contributed by atoms with Crippen molar-refractivity contribution in [3.05, 3.63) is 47.8 Å². The van der Waals surface area contributed by atoms with Crippen LogP contribution in [0.15, 0.2) is 30.5 Å². The van der Waals surface area contributed by atoms with Crippen molar-refractivity contribution in [2.75, 3.05) is 13.1 Å². The molecule has 1 aliphatic rings. The summed E-state index contributed by atoms with van der Waals surface area (Å²) >= 11 is 0. The second kappa shape index (κ2) is 8.59. The molecule has 1 amide bonds. The van der Waals surface area contributed by atoms with Crippen LogP contribution in [0.5, 0.6) is 0 Å². The molecule has 1 saturated heterocycles. The van der Waals surface area contributed by atoms with Gasteiger partial charge in [-0.25, -0.2) is 14.4 Å². The standard InChI is InChI=1S/C22H26FN3O2/c1-4-14(2)21(27)22(28)26-11-5-6-17(13-26)20-19(12-24-15(3)25-20)16-7-9-18(23)10-8-16/h7-10,12,14,17H,4-6,11,13H2,1-3H3/t14-,17-/m0/s1. The normalized spacial score (nSPS) is 18.0. The molecule has 0 radical (unpaired) electrons. The van der Waals surface area contributed by atoms with Gasteiger partial charge < -0.3 is 4.90 Å². The molecule has 0 aliphatic carbocycles. The third kappa shape index (κ3) is 4.26. The van der Waals surface area contributed by atoms with E-state index in [4.69, 9.17) is 0 Å². The average molecular weight is 383 g/mol. The second-order valence-electron chi connectivity index (χ2n) is 7.49. The number of amides is 1. The predicted octanol–water partition coefficient (Wildman–Crippen LogP) is 3.91. The van der Waals surface area contributed by atoms with E-state index in [1.165, 1.54) is 12.1 Å². The van der Waals surface area contributed by atoms with Gasteiger partial charge in [-0.15, -0.1) is 0 Å². The number of aryl methyl sites for hydroxylation is 1. The van der Waals surface area contributed by atoms with Gasteiger partial charge in [-0.3, -0.25) is 9.59 Å². The van der Waals surface area contributed by atoms with E-state index in [1.807, 2.05) is 13.8 Å². The van der Waals surface area contributed by atoms with Gasteiger partial charge in [-0.2, -0.15) is 0 Å². The Morgan fingerprint density at radius 3 is 2.68 bits per heavy atom. The number of likely N-dealkylation sites (tertiary alicyclic amines) is 1. The first kappa shape index (κ1) is 20.1. The van der Waals surface area contributed by atoms with Gasteiger partial charge in [0.1, 0.15) is 11.6 Å². The van der Waals surface area contributed by atoms with Crippen LogP contribution in [0.25, 0.3) is 11.1 Å². The highest BCUT2D eigenvalue weighted by Gasteiger charge is 2.32. The first-order valence-electron chi connectivity index (χ1n) is 9.83. The van der Waals surface area contributed by atoms with Crippen molar-refractivity contribution in [1.82, 2.24) is 14.9 Å². The number of nitrogens with zero attached hydrogens (tertiary/aromatic N) is 3. The van der Waals surface area contributed by atoms with E-state index < -0.39 is 5.91 Å². The molecule has 148 valence electrons. The van der Waals surface area contributed by atoms with Crippen LogP contribution in [0.4, 0.5) is 4.39 Å². The maximum atomic E-state index is 13.3. The van der Waals surface area contributed by atoms with E-state index in [0.717, 1.165) is 29.7 Å². The highest BCUT2D eigenvalue weighted by molar-refractivity contribution is 6.36. The lowest BCUT2D eigenvalue weighted by molar-refractivity contribution is -0.147. The Kier molecular flexibility index (Phi) is 6.17. The van der Waals surface area contributed by atoms with Crippen LogP contribution in [-0.4, -0.2) is 39.6 Å². The Hall–Kier alpha value is -2.63. The number of aromatic nitrogens is 2. The van der Waals surface area contributed by atoms with Crippen molar-refractivity contribution < 1.29 is 14.0 Å². The molecule has 1 aliphatic heterocycles. The van der Waals surface area contributed by atoms with Crippen molar-refractivity contribution in [3.63, 3.8) is 0 Å². The van der Waals surface area contributed by atoms with Gasteiger partial charge in [-0.05, 0) is 43.9 Å². The largest absolute Gasteiger partial charge is 0.335 e. The molecular formula is C22H26FN3O2. The van der Waals surface area contributed by atoms with E-state index in [1.54, 1.807) is 30.2 Å². The zero-order valence-corrected chi connectivity index (χ0v) is 16.6. The number of rotatable bonds is 5. The first-order chi connectivity index (χ1) is 13.4. The summed E-state index contributed by atoms with van der Waals surface area (Å²) in [5, 5.41) is 0. The fraction of sp³-hybridized carbons (Fsp3) is 0.455. The molecule has 0 N–H and O–H groups in total. The molecular weight excluding hydrogens is 357 g/mol. The average Bonchev–Trinajstić information content (AvgIpc) is 2.73. The van der Waals surface area contributed by atoms with Gasteiger partial charge in [0.05, 0.1) is 5.69 Å². The summed E-state index contributed by atoms with van der Waals surface area (Å²) in [6.45, 7) is 6.59. The quantitative estimate of drug-likeness (QED) is 0.735. The topological polar surface area (TPSA) is 63.2 Å². The van der Waals surface area contributed by atoms with Crippen molar-refractivity contribution in [3.8, 4) is 11.1 Å². The maximum Gasteiger partial charge on any atom is 0.290 e. The zero-order chi connectivity index (χ0) is 20.3. The van der Waals surface area contributed by atoms with Gasteiger partial charge in [0.15, 0.2) is 0 Å². The molecule has 0 unspecified atom stereocenters. The molecule has 2 atom stereocenters. The molecule has 0 saturated carbocycles. The van der Waals surface area contributed by atoms with Gasteiger partial charge in [0.25, 0.3) is 5.91 Å². The lowest BCUT2D eigenvalue weighted by Gasteiger charge is -2.33. The number of carbonyl (C=O) groups excluding carboxylic acids is 2. The smallest absolute Gasteiger partial charge is 0.290 e. The highest BCUT2D eigenvalue weighted by Crippen LogP contribution is 2.33. The van der Waals surface area contributed by atoms with Gasteiger partial charge in [0, 0.05) is 36.7 Å². The highest BCUT2D eigenvalue weighted by atomic mass is 19.1. The van der Waals surface area contributed by atoms with Gasteiger partial charge >= 0.3 is 0 Å². The molecule has 5 nitrogen and oxygen atoms in total. The Labute approximate surface area is 165 Å². The van der Waals surface area contributed by atoms with E-state index in [0.29, 0.717) is 25.3 Å². The van der Waals surface area contributed by atoms with E-state index in [9.17, 15) is 14.0 Å². The van der Waals surface area contributed by atoms with Gasteiger partial charge in [0.2, 0.25) is 5.78 Å². The number of halogens is 1. The first-order valence-corrected chi connectivity index (χ1v) is 9.83. The number of hydrogen-bond donors (Lipinski definition) is 0. The van der Waals surface area contributed by atoms with Crippen molar-refractivity contribution in [2.45, 2.75) is 46.0 Å². The van der Waals surface area contributed by atoms with E-state index >= 15 is 0 Å². The SMILES string of the molecule is CC[C@H](C)C(=O)C(=O)N1CCC[C@H](c2nc(C)ncc2-c2ccc(F)cc2)C1. The molecule has 1 aromatic carbocycles. The number of hydrogen-bond acceptors (Lipinski definition) is 4. The van der Waals surface area contributed by atoms with Crippen LogP contribution in [-0.2, 0) is 9.59 Å².